The Balaban J connectivity index is 2.15. The quantitative estimate of drug-likeness (QED) is 0.899. The lowest BCUT2D eigenvalue weighted by Crippen LogP contribution is -2.33. The van der Waals surface area contributed by atoms with Gasteiger partial charge in [0.15, 0.2) is 0 Å². The van der Waals surface area contributed by atoms with Crippen LogP contribution in [0.15, 0.2) is 6.07 Å². The number of hydrogen-bond donors (Lipinski definition) is 2. The molecule has 6 heteroatoms. The topological polar surface area (TPSA) is 61.3 Å². The van der Waals surface area contributed by atoms with E-state index in [1.165, 1.54) is 4.88 Å². The zero-order valence-electron chi connectivity index (χ0n) is 11.2. The van der Waals surface area contributed by atoms with Gasteiger partial charge in [-0.3, -0.25) is 0 Å². The molecule has 0 amide bonds. The molecule has 102 valence electrons. The number of aryl methyl sites for hydroxylation is 1. The van der Waals surface area contributed by atoms with Crippen LogP contribution < -0.4 is 10.2 Å². The second kappa shape index (κ2) is 4.94. The van der Waals surface area contributed by atoms with Gasteiger partial charge in [0.05, 0.1) is 18.0 Å². The van der Waals surface area contributed by atoms with E-state index >= 15 is 0 Å². The lowest BCUT2D eigenvalue weighted by Gasteiger charge is -2.25. The van der Waals surface area contributed by atoms with Gasteiger partial charge in [0.25, 0.3) is 0 Å². The Hall–Kier alpha value is -1.40. The van der Waals surface area contributed by atoms with Crippen LogP contribution in [0.2, 0.25) is 0 Å². The molecule has 1 aliphatic rings. The largest absolute Gasteiger partial charge is 0.394 e. The Morgan fingerprint density at radius 1 is 1.53 bits per heavy atom. The second-order valence-corrected chi connectivity index (χ2v) is 6.10. The highest BCUT2D eigenvalue weighted by Gasteiger charge is 2.27. The van der Waals surface area contributed by atoms with E-state index in [0.717, 1.165) is 35.4 Å². The highest BCUT2D eigenvalue weighted by molar-refractivity contribution is 7.18. The number of fused-ring (bicyclic) bond motifs is 1. The van der Waals surface area contributed by atoms with Crippen LogP contribution >= 0.6 is 11.3 Å². The summed E-state index contributed by atoms with van der Waals surface area (Å²) >= 11 is 1.68. The van der Waals surface area contributed by atoms with Crippen LogP contribution in [0.1, 0.15) is 17.7 Å². The molecule has 19 heavy (non-hydrogen) atoms. The van der Waals surface area contributed by atoms with Crippen molar-refractivity contribution in [2.75, 3.05) is 30.4 Å². The highest BCUT2D eigenvalue weighted by Crippen LogP contribution is 2.34. The van der Waals surface area contributed by atoms with Gasteiger partial charge in [0, 0.05) is 18.5 Å². The summed E-state index contributed by atoms with van der Waals surface area (Å²) in [7, 11) is 1.83. The molecule has 1 aliphatic heterocycles. The summed E-state index contributed by atoms with van der Waals surface area (Å²) in [4.78, 5) is 13.6. The molecule has 5 nitrogen and oxygen atoms in total. The van der Waals surface area contributed by atoms with Gasteiger partial charge in [-0.05, 0) is 25.8 Å². The van der Waals surface area contributed by atoms with Gasteiger partial charge >= 0.3 is 0 Å². The first kappa shape index (κ1) is 12.6. The minimum atomic E-state index is 0.183. The minimum absolute atomic E-state index is 0.183. The van der Waals surface area contributed by atoms with Gasteiger partial charge in [0.1, 0.15) is 10.6 Å². The lowest BCUT2D eigenvalue weighted by atomic mass is 10.2. The van der Waals surface area contributed by atoms with E-state index in [4.69, 9.17) is 0 Å². The monoisotopic (exact) mass is 278 g/mol. The van der Waals surface area contributed by atoms with Crippen LogP contribution in [0.25, 0.3) is 10.2 Å². The summed E-state index contributed by atoms with van der Waals surface area (Å²) in [5.74, 6) is 1.60. The number of aromatic nitrogens is 2. The molecule has 3 rings (SSSR count). The number of nitrogens with one attached hydrogen (secondary N) is 1. The normalized spacial score (nSPS) is 19.3. The van der Waals surface area contributed by atoms with Crippen molar-refractivity contribution in [2.24, 2.45) is 0 Å². The van der Waals surface area contributed by atoms with Crippen molar-refractivity contribution in [3.05, 3.63) is 10.9 Å². The SMILES string of the molecule is CNc1nc(N2CCCC2CO)c2cc(C)sc2n1. The first-order valence-corrected chi connectivity index (χ1v) is 7.38. The van der Waals surface area contributed by atoms with Crippen LogP contribution in [0.5, 0.6) is 0 Å². The molecule has 1 atom stereocenters. The zero-order valence-corrected chi connectivity index (χ0v) is 12.0. The molecule has 0 saturated carbocycles. The Kier molecular flexibility index (Phi) is 3.28. The predicted molar refractivity (Wildman–Crippen MR) is 79.2 cm³/mol. The highest BCUT2D eigenvalue weighted by atomic mass is 32.1. The van der Waals surface area contributed by atoms with Crippen LogP contribution in [-0.2, 0) is 0 Å². The van der Waals surface area contributed by atoms with Gasteiger partial charge in [-0.1, -0.05) is 0 Å². The number of thiophene rings is 1. The van der Waals surface area contributed by atoms with E-state index in [0.29, 0.717) is 5.95 Å². The molecule has 2 aromatic heterocycles. The summed E-state index contributed by atoms with van der Waals surface area (Å²) in [6.45, 7) is 3.22. The zero-order chi connectivity index (χ0) is 13.4. The van der Waals surface area contributed by atoms with Crippen molar-refractivity contribution in [1.29, 1.82) is 0 Å². The van der Waals surface area contributed by atoms with Crippen LogP contribution in [0, 0.1) is 6.92 Å². The molecular weight excluding hydrogens is 260 g/mol. The maximum atomic E-state index is 9.50. The molecule has 3 heterocycles. The third-order valence-electron chi connectivity index (χ3n) is 3.58. The Morgan fingerprint density at radius 3 is 3.11 bits per heavy atom. The average Bonchev–Trinajstić information content (AvgIpc) is 3.01. The molecule has 1 fully saturated rings. The number of aliphatic hydroxyl groups excluding tert-OH is 1. The Morgan fingerprint density at radius 2 is 2.37 bits per heavy atom. The summed E-state index contributed by atoms with van der Waals surface area (Å²) < 4.78 is 0. The van der Waals surface area contributed by atoms with Crippen molar-refractivity contribution in [2.45, 2.75) is 25.8 Å². The fourth-order valence-electron chi connectivity index (χ4n) is 2.66. The maximum Gasteiger partial charge on any atom is 0.225 e. The van der Waals surface area contributed by atoms with E-state index in [2.05, 4.69) is 33.2 Å². The van der Waals surface area contributed by atoms with Crippen molar-refractivity contribution in [3.8, 4) is 0 Å². The van der Waals surface area contributed by atoms with E-state index in [-0.39, 0.29) is 12.6 Å². The molecule has 0 radical (unpaired) electrons. The molecule has 2 N–H and O–H groups in total. The minimum Gasteiger partial charge on any atom is -0.394 e. The molecule has 2 aromatic rings. The summed E-state index contributed by atoms with van der Waals surface area (Å²) in [6, 6.07) is 2.32. The smallest absolute Gasteiger partial charge is 0.225 e. The molecule has 0 aromatic carbocycles. The lowest BCUT2D eigenvalue weighted by molar-refractivity contribution is 0.266. The van der Waals surface area contributed by atoms with E-state index in [9.17, 15) is 5.11 Å². The average molecular weight is 278 g/mol. The molecule has 0 aliphatic carbocycles. The van der Waals surface area contributed by atoms with Crippen molar-refractivity contribution < 1.29 is 5.11 Å². The number of hydrogen-bond acceptors (Lipinski definition) is 6. The standard InChI is InChI=1S/C13H18N4OS/c1-8-6-10-11(17-5-3-4-9(17)7-18)15-13(14-2)16-12(10)19-8/h6,9,18H,3-5,7H2,1-2H3,(H,14,15,16). The maximum absolute atomic E-state index is 9.50. The van der Waals surface area contributed by atoms with Crippen molar-refractivity contribution in [3.63, 3.8) is 0 Å². The van der Waals surface area contributed by atoms with Crippen molar-refractivity contribution in [1.82, 2.24) is 9.97 Å². The molecule has 0 spiro atoms. The molecular formula is C13H18N4OS. The summed E-state index contributed by atoms with van der Waals surface area (Å²) in [5.41, 5.74) is 0. The van der Waals surface area contributed by atoms with Crippen LogP contribution in [0.4, 0.5) is 11.8 Å². The summed E-state index contributed by atoms with van der Waals surface area (Å²) in [5, 5.41) is 13.6. The fraction of sp³-hybridized carbons (Fsp3) is 0.538. The molecule has 0 bridgehead atoms. The predicted octanol–water partition coefficient (Wildman–Crippen LogP) is 2.00. The summed E-state index contributed by atoms with van der Waals surface area (Å²) in [6.07, 6.45) is 2.13. The van der Waals surface area contributed by atoms with Gasteiger partial charge in [-0.15, -0.1) is 11.3 Å². The van der Waals surface area contributed by atoms with E-state index in [1.807, 2.05) is 7.05 Å². The van der Waals surface area contributed by atoms with Gasteiger partial charge < -0.3 is 15.3 Å². The van der Waals surface area contributed by atoms with Crippen LogP contribution in [0.3, 0.4) is 0 Å². The Bertz CT molecular complexity index is 598. The first-order chi connectivity index (χ1) is 9.22. The first-order valence-electron chi connectivity index (χ1n) is 6.56. The van der Waals surface area contributed by atoms with Gasteiger partial charge in [-0.2, -0.15) is 4.98 Å². The van der Waals surface area contributed by atoms with Crippen LogP contribution in [-0.4, -0.2) is 41.3 Å². The second-order valence-electron chi connectivity index (χ2n) is 4.87. The number of anilines is 2. The van der Waals surface area contributed by atoms with Gasteiger partial charge in [-0.25, -0.2) is 4.98 Å². The molecule has 1 saturated heterocycles. The number of nitrogens with zero attached hydrogens (tertiary/aromatic N) is 3. The Labute approximate surface area is 116 Å². The fourth-order valence-corrected chi connectivity index (χ4v) is 3.54. The number of aliphatic hydroxyl groups is 1. The third kappa shape index (κ3) is 2.15. The van der Waals surface area contributed by atoms with E-state index < -0.39 is 0 Å². The number of rotatable bonds is 3. The third-order valence-corrected chi connectivity index (χ3v) is 4.52. The van der Waals surface area contributed by atoms with Gasteiger partial charge in [0.2, 0.25) is 5.95 Å². The van der Waals surface area contributed by atoms with E-state index in [1.54, 1.807) is 11.3 Å². The van der Waals surface area contributed by atoms with Crippen molar-refractivity contribution >= 4 is 33.3 Å². The molecule has 1 unspecified atom stereocenters.